The highest BCUT2D eigenvalue weighted by Crippen LogP contribution is 2.36. The van der Waals surface area contributed by atoms with E-state index in [2.05, 4.69) is 13.2 Å². The standard InChI is InChI=1S/C11H18O2/c1-5-7-11(8-6-2)9-12-10(3,4)13-11/h5-6H,1-2,7-9H2,3-4H3. The average Bonchev–Trinajstić information content (AvgIpc) is 2.28. The van der Waals surface area contributed by atoms with Gasteiger partial charge in [0.1, 0.15) is 5.60 Å². The number of rotatable bonds is 4. The zero-order valence-electron chi connectivity index (χ0n) is 8.51. The molecule has 0 saturated carbocycles. The van der Waals surface area contributed by atoms with E-state index in [1.807, 2.05) is 26.0 Å². The Balaban J connectivity index is 2.70. The monoisotopic (exact) mass is 182 g/mol. The third kappa shape index (κ3) is 2.42. The normalized spacial score (nSPS) is 24.2. The quantitative estimate of drug-likeness (QED) is 0.622. The second kappa shape index (κ2) is 3.64. The maximum atomic E-state index is 5.85. The van der Waals surface area contributed by atoms with E-state index in [1.165, 1.54) is 0 Å². The molecule has 0 spiro atoms. The van der Waals surface area contributed by atoms with Crippen LogP contribution in [0.5, 0.6) is 0 Å². The Morgan fingerprint density at radius 3 is 2.08 bits per heavy atom. The minimum absolute atomic E-state index is 0.229. The smallest absolute Gasteiger partial charge is 0.163 e. The largest absolute Gasteiger partial charge is 0.347 e. The van der Waals surface area contributed by atoms with E-state index in [-0.39, 0.29) is 5.60 Å². The summed E-state index contributed by atoms with van der Waals surface area (Å²) in [5.74, 6) is -0.466. The molecule has 2 nitrogen and oxygen atoms in total. The maximum Gasteiger partial charge on any atom is 0.163 e. The van der Waals surface area contributed by atoms with Crippen LogP contribution < -0.4 is 0 Å². The van der Waals surface area contributed by atoms with Crippen molar-refractivity contribution < 1.29 is 9.47 Å². The van der Waals surface area contributed by atoms with Crippen LogP contribution in [0.2, 0.25) is 0 Å². The Morgan fingerprint density at radius 2 is 1.77 bits per heavy atom. The highest BCUT2D eigenvalue weighted by molar-refractivity contribution is 4.97. The lowest BCUT2D eigenvalue weighted by Crippen LogP contribution is -2.33. The first kappa shape index (κ1) is 10.5. The van der Waals surface area contributed by atoms with Crippen LogP contribution in [0.15, 0.2) is 25.3 Å². The predicted octanol–water partition coefficient (Wildman–Crippen LogP) is 2.66. The maximum absolute atomic E-state index is 5.85. The molecule has 0 aromatic rings. The molecule has 0 aromatic heterocycles. The average molecular weight is 182 g/mol. The van der Waals surface area contributed by atoms with E-state index in [1.54, 1.807) is 0 Å². The third-order valence-corrected chi connectivity index (χ3v) is 2.18. The van der Waals surface area contributed by atoms with Gasteiger partial charge >= 0.3 is 0 Å². The fourth-order valence-electron chi connectivity index (χ4n) is 1.70. The lowest BCUT2D eigenvalue weighted by molar-refractivity contribution is -0.159. The Labute approximate surface area is 80.2 Å². The van der Waals surface area contributed by atoms with Gasteiger partial charge in [0.15, 0.2) is 5.79 Å². The summed E-state index contributed by atoms with van der Waals surface area (Å²) in [6, 6.07) is 0. The molecular formula is C11H18O2. The van der Waals surface area contributed by atoms with Crippen molar-refractivity contribution in [2.24, 2.45) is 0 Å². The molecule has 1 saturated heterocycles. The van der Waals surface area contributed by atoms with Crippen LogP contribution in [0.1, 0.15) is 26.7 Å². The van der Waals surface area contributed by atoms with E-state index in [0.29, 0.717) is 6.61 Å². The van der Waals surface area contributed by atoms with E-state index in [4.69, 9.17) is 9.47 Å². The van der Waals surface area contributed by atoms with E-state index in [9.17, 15) is 0 Å². The topological polar surface area (TPSA) is 18.5 Å². The van der Waals surface area contributed by atoms with Crippen molar-refractivity contribution in [1.82, 2.24) is 0 Å². The van der Waals surface area contributed by atoms with Crippen LogP contribution in [-0.2, 0) is 9.47 Å². The van der Waals surface area contributed by atoms with Crippen LogP contribution in [-0.4, -0.2) is 18.0 Å². The van der Waals surface area contributed by atoms with Gasteiger partial charge in [0.05, 0.1) is 6.61 Å². The first-order chi connectivity index (χ1) is 6.04. The minimum Gasteiger partial charge on any atom is -0.347 e. The van der Waals surface area contributed by atoms with Crippen LogP contribution in [0.4, 0.5) is 0 Å². The fraction of sp³-hybridized carbons (Fsp3) is 0.636. The molecule has 0 aromatic carbocycles. The van der Waals surface area contributed by atoms with Crippen LogP contribution in [0.3, 0.4) is 0 Å². The number of ether oxygens (including phenoxy) is 2. The van der Waals surface area contributed by atoms with Crippen molar-refractivity contribution in [3.05, 3.63) is 25.3 Å². The molecule has 0 aliphatic carbocycles. The summed E-state index contributed by atoms with van der Waals surface area (Å²) in [7, 11) is 0. The van der Waals surface area contributed by atoms with Gasteiger partial charge in [0.25, 0.3) is 0 Å². The van der Waals surface area contributed by atoms with Gasteiger partial charge in [-0.1, -0.05) is 12.2 Å². The Morgan fingerprint density at radius 1 is 1.23 bits per heavy atom. The molecule has 1 aliphatic rings. The predicted molar refractivity (Wildman–Crippen MR) is 53.5 cm³/mol. The molecule has 2 heteroatoms. The van der Waals surface area contributed by atoms with Crippen molar-refractivity contribution in [3.8, 4) is 0 Å². The second-order valence-electron chi connectivity index (χ2n) is 3.96. The van der Waals surface area contributed by atoms with Gasteiger partial charge in [-0.25, -0.2) is 0 Å². The zero-order chi connectivity index (χ0) is 9.95. The first-order valence-corrected chi connectivity index (χ1v) is 4.59. The molecule has 1 aliphatic heterocycles. The molecule has 1 heterocycles. The summed E-state index contributed by atoms with van der Waals surface area (Å²) in [6.07, 6.45) is 5.35. The van der Waals surface area contributed by atoms with Crippen LogP contribution in [0, 0.1) is 0 Å². The molecule has 0 atom stereocenters. The Hall–Kier alpha value is -0.600. The molecule has 1 rings (SSSR count). The lowest BCUT2D eigenvalue weighted by atomic mass is 9.97. The summed E-state index contributed by atoms with van der Waals surface area (Å²) in [4.78, 5) is 0. The van der Waals surface area contributed by atoms with Crippen molar-refractivity contribution in [3.63, 3.8) is 0 Å². The summed E-state index contributed by atoms with van der Waals surface area (Å²) in [5.41, 5.74) is -0.229. The lowest BCUT2D eigenvalue weighted by Gasteiger charge is -2.26. The Bertz CT molecular complexity index is 196. The molecule has 0 N–H and O–H groups in total. The molecule has 74 valence electrons. The highest BCUT2D eigenvalue weighted by atomic mass is 16.8. The summed E-state index contributed by atoms with van der Waals surface area (Å²) < 4.78 is 11.4. The van der Waals surface area contributed by atoms with Crippen LogP contribution >= 0.6 is 0 Å². The SMILES string of the molecule is C=CCC1(CC=C)COC(C)(C)O1. The number of hydrogen-bond acceptors (Lipinski definition) is 2. The second-order valence-corrected chi connectivity index (χ2v) is 3.96. The van der Waals surface area contributed by atoms with E-state index >= 15 is 0 Å². The molecular weight excluding hydrogens is 164 g/mol. The molecule has 0 radical (unpaired) electrons. The Kier molecular flexibility index (Phi) is 2.94. The van der Waals surface area contributed by atoms with Gasteiger partial charge in [-0.15, -0.1) is 13.2 Å². The van der Waals surface area contributed by atoms with Gasteiger partial charge in [-0.2, -0.15) is 0 Å². The number of hydrogen-bond donors (Lipinski definition) is 0. The van der Waals surface area contributed by atoms with Gasteiger partial charge in [-0.05, 0) is 26.7 Å². The highest BCUT2D eigenvalue weighted by Gasteiger charge is 2.43. The summed E-state index contributed by atoms with van der Waals surface area (Å²) in [5, 5.41) is 0. The molecule has 0 bridgehead atoms. The third-order valence-electron chi connectivity index (χ3n) is 2.18. The van der Waals surface area contributed by atoms with E-state index in [0.717, 1.165) is 12.8 Å². The fourth-order valence-corrected chi connectivity index (χ4v) is 1.70. The van der Waals surface area contributed by atoms with Gasteiger partial charge in [0.2, 0.25) is 0 Å². The molecule has 1 fully saturated rings. The van der Waals surface area contributed by atoms with Crippen molar-refractivity contribution in [2.75, 3.05) is 6.61 Å². The van der Waals surface area contributed by atoms with Crippen LogP contribution in [0.25, 0.3) is 0 Å². The van der Waals surface area contributed by atoms with Crippen molar-refractivity contribution >= 4 is 0 Å². The van der Waals surface area contributed by atoms with Crippen molar-refractivity contribution in [2.45, 2.75) is 38.1 Å². The minimum atomic E-state index is -0.466. The molecule has 0 unspecified atom stereocenters. The first-order valence-electron chi connectivity index (χ1n) is 4.59. The van der Waals surface area contributed by atoms with Crippen molar-refractivity contribution in [1.29, 1.82) is 0 Å². The van der Waals surface area contributed by atoms with Gasteiger partial charge in [-0.3, -0.25) is 0 Å². The van der Waals surface area contributed by atoms with Gasteiger partial charge in [0, 0.05) is 0 Å². The summed E-state index contributed by atoms with van der Waals surface area (Å²) in [6.45, 7) is 11.9. The zero-order valence-corrected chi connectivity index (χ0v) is 8.51. The van der Waals surface area contributed by atoms with E-state index < -0.39 is 5.79 Å². The molecule has 0 amide bonds. The summed E-state index contributed by atoms with van der Waals surface area (Å²) >= 11 is 0. The van der Waals surface area contributed by atoms with Gasteiger partial charge < -0.3 is 9.47 Å². The molecule has 13 heavy (non-hydrogen) atoms.